The average Bonchev–Trinajstić information content (AvgIpc) is 2.80. The van der Waals surface area contributed by atoms with Crippen LogP contribution >= 0.6 is 15.9 Å². The molecular weight excluding hydrogens is 297 g/mol. The number of benzene rings is 1. The van der Waals surface area contributed by atoms with E-state index in [4.69, 9.17) is 5.73 Å². The highest BCUT2D eigenvalue weighted by Crippen LogP contribution is 2.27. The van der Waals surface area contributed by atoms with Crippen LogP contribution in [0.5, 0.6) is 0 Å². The molecule has 18 heavy (non-hydrogen) atoms. The fraction of sp³-hybridized carbons (Fsp3) is 0.308. The molecule has 1 aromatic heterocycles. The fourth-order valence-corrected chi connectivity index (χ4v) is 2.20. The van der Waals surface area contributed by atoms with Crippen molar-refractivity contribution in [3.05, 3.63) is 46.7 Å². The predicted octanol–water partition coefficient (Wildman–Crippen LogP) is 3.43. The number of nitrogens with two attached hydrogens (primary N) is 1. The summed E-state index contributed by atoms with van der Waals surface area (Å²) in [6, 6.07) is 4.41. The van der Waals surface area contributed by atoms with Gasteiger partial charge in [-0.2, -0.15) is 0 Å². The first-order valence-corrected chi connectivity index (χ1v) is 6.53. The molecule has 2 rings (SSSR count). The van der Waals surface area contributed by atoms with Crippen molar-refractivity contribution in [2.45, 2.75) is 19.9 Å². The first-order valence-electron chi connectivity index (χ1n) is 5.74. The summed E-state index contributed by atoms with van der Waals surface area (Å²) in [6.45, 7) is 4.09. The molecular formula is C13H15BrFN3. The minimum absolute atomic E-state index is 0.136. The number of rotatable bonds is 3. The van der Waals surface area contributed by atoms with Crippen molar-refractivity contribution in [1.82, 2.24) is 9.55 Å². The molecule has 0 aliphatic carbocycles. The molecule has 2 N–H and O–H groups in total. The average molecular weight is 312 g/mol. The van der Waals surface area contributed by atoms with Gasteiger partial charge >= 0.3 is 0 Å². The lowest BCUT2D eigenvalue weighted by Crippen LogP contribution is -2.20. The number of imidazole rings is 1. The fourth-order valence-electron chi connectivity index (χ4n) is 1.77. The van der Waals surface area contributed by atoms with E-state index < -0.39 is 0 Å². The van der Waals surface area contributed by atoms with E-state index in [-0.39, 0.29) is 17.8 Å². The van der Waals surface area contributed by atoms with E-state index in [0.717, 1.165) is 10.2 Å². The highest BCUT2D eigenvalue weighted by Gasteiger charge is 2.17. The van der Waals surface area contributed by atoms with Crippen molar-refractivity contribution in [2.24, 2.45) is 11.7 Å². The standard InChI is InChI=1S/C13H15BrFN3/c1-8(2)13(16)12-6-17-7-18(12)11-5-9(15)3-4-10(11)14/h3-8,13H,16H2,1-2H3. The van der Waals surface area contributed by atoms with Gasteiger partial charge in [-0.25, -0.2) is 9.37 Å². The van der Waals surface area contributed by atoms with Crippen LogP contribution < -0.4 is 5.73 Å². The Bertz CT molecular complexity index is 551. The summed E-state index contributed by atoms with van der Waals surface area (Å²) in [6.07, 6.45) is 3.37. The maximum Gasteiger partial charge on any atom is 0.125 e. The van der Waals surface area contributed by atoms with Gasteiger partial charge in [0.25, 0.3) is 0 Å². The van der Waals surface area contributed by atoms with E-state index in [2.05, 4.69) is 20.9 Å². The van der Waals surface area contributed by atoms with Gasteiger partial charge in [0.1, 0.15) is 5.82 Å². The lowest BCUT2D eigenvalue weighted by Gasteiger charge is -2.18. The maximum atomic E-state index is 13.3. The van der Waals surface area contributed by atoms with Gasteiger partial charge in [0.15, 0.2) is 0 Å². The SMILES string of the molecule is CC(C)C(N)c1cncn1-c1cc(F)ccc1Br. The number of aromatic nitrogens is 2. The van der Waals surface area contributed by atoms with Crippen LogP contribution in [-0.2, 0) is 0 Å². The van der Waals surface area contributed by atoms with Crippen LogP contribution in [0.2, 0.25) is 0 Å². The van der Waals surface area contributed by atoms with Crippen molar-refractivity contribution in [3.8, 4) is 5.69 Å². The van der Waals surface area contributed by atoms with Crippen LogP contribution in [0.4, 0.5) is 4.39 Å². The Morgan fingerprint density at radius 1 is 1.39 bits per heavy atom. The highest BCUT2D eigenvalue weighted by atomic mass is 79.9. The zero-order chi connectivity index (χ0) is 13.3. The van der Waals surface area contributed by atoms with E-state index in [1.807, 2.05) is 18.4 Å². The Balaban J connectivity index is 2.52. The summed E-state index contributed by atoms with van der Waals surface area (Å²) in [5.41, 5.74) is 7.72. The molecule has 0 aliphatic rings. The first kappa shape index (κ1) is 13.2. The minimum Gasteiger partial charge on any atom is -0.322 e. The van der Waals surface area contributed by atoms with Crippen LogP contribution in [0, 0.1) is 11.7 Å². The van der Waals surface area contributed by atoms with E-state index in [1.54, 1.807) is 18.6 Å². The second kappa shape index (κ2) is 5.20. The van der Waals surface area contributed by atoms with Gasteiger partial charge in [-0.15, -0.1) is 0 Å². The molecule has 5 heteroatoms. The number of nitrogens with zero attached hydrogens (tertiary/aromatic N) is 2. The van der Waals surface area contributed by atoms with Crippen molar-refractivity contribution in [3.63, 3.8) is 0 Å². The summed E-state index contributed by atoms with van der Waals surface area (Å²) in [5, 5.41) is 0. The Morgan fingerprint density at radius 3 is 2.78 bits per heavy atom. The van der Waals surface area contributed by atoms with Gasteiger partial charge in [0.05, 0.1) is 23.9 Å². The first-order chi connectivity index (χ1) is 8.50. The molecule has 0 radical (unpaired) electrons. The molecule has 0 amide bonds. The zero-order valence-corrected chi connectivity index (χ0v) is 11.9. The summed E-state index contributed by atoms with van der Waals surface area (Å²) in [4.78, 5) is 4.11. The Morgan fingerprint density at radius 2 is 2.11 bits per heavy atom. The Labute approximate surface area is 114 Å². The Kier molecular flexibility index (Phi) is 3.82. The third kappa shape index (κ3) is 2.47. The minimum atomic E-state index is -0.286. The van der Waals surface area contributed by atoms with Crippen molar-refractivity contribution in [2.75, 3.05) is 0 Å². The van der Waals surface area contributed by atoms with Crippen LogP contribution in [0.1, 0.15) is 25.6 Å². The lowest BCUT2D eigenvalue weighted by atomic mass is 10.0. The molecule has 2 aromatic rings. The largest absolute Gasteiger partial charge is 0.322 e. The zero-order valence-electron chi connectivity index (χ0n) is 10.3. The second-order valence-corrected chi connectivity index (χ2v) is 5.41. The third-order valence-corrected chi connectivity index (χ3v) is 3.57. The van der Waals surface area contributed by atoms with Crippen molar-refractivity contribution < 1.29 is 4.39 Å². The van der Waals surface area contributed by atoms with Crippen molar-refractivity contribution >= 4 is 15.9 Å². The summed E-state index contributed by atoms with van der Waals surface area (Å²) < 4.78 is 16.0. The molecule has 96 valence electrons. The lowest BCUT2D eigenvalue weighted by molar-refractivity contribution is 0.496. The van der Waals surface area contributed by atoms with Gasteiger partial charge in [0.2, 0.25) is 0 Å². The quantitative estimate of drug-likeness (QED) is 0.943. The summed E-state index contributed by atoms with van der Waals surface area (Å²) >= 11 is 3.42. The normalized spacial score (nSPS) is 13.0. The molecule has 1 heterocycles. The van der Waals surface area contributed by atoms with Gasteiger partial charge in [-0.1, -0.05) is 13.8 Å². The number of halogens is 2. The molecule has 0 saturated carbocycles. The second-order valence-electron chi connectivity index (χ2n) is 4.55. The molecule has 0 bridgehead atoms. The van der Waals surface area contributed by atoms with Gasteiger partial charge < -0.3 is 10.3 Å². The number of hydrogen-bond acceptors (Lipinski definition) is 2. The molecule has 1 unspecified atom stereocenters. The molecule has 1 aromatic carbocycles. The van der Waals surface area contributed by atoms with Gasteiger partial charge in [0, 0.05) is 10.5 Å². The molecule has 0 saturated heterocycles. The van der Waals surface area contributed by atoms with Crippen molar-refractivity contribution in [1.29, 1.82) is 0 Å². The van der Waals surface area contributed by atoms with Crippen LogP contribution in [0.25, 0.3) is 5.69 Å². The van der Waals surface area contributed by atoms with Crippen LogP contribution in [-0.4, -0.2) is 9.55 Å². The smallest absolute Gasteiger partial charge is 0.125 e. The number of hydrogen-bond donors (Lipinski definition) is 1. The molecule has 1 atom stereocenters. The van der Waals surface area contributed by atoms with E-state index in [1.165, 1.54) is 12.1 Å². The monoisotopic (exact) mass is 311 g/mol. The molecule has 0 spiro atoms. The summed E-state index contributed by atoms with van der Waals surface area (Å²) in [5.74, 6) is -0.00115. The van der Waals surface area contributed by atoms with E-state index in [9.17, 15) is 4.39 Å². The van der Waals surface area contributed by atoms with Crippen LogP contribution in [0.15, 0.2) is 35.2 Å². The molecule has 3 nitrogen and oxygen atoms in total. The predicted molar refractivity (Wildman–Crippen MR) is 73.0 cm³/mol. The van der Waals surface area contributed by atoms with Gasteiger partial charge in [-0.05, 0) is 40.0 Å². The molecule has 0 fully saturated rings. The van der Waals surface area contributed by atoms with Crippen LogP contribution in [0.3, 0.4) is 0 Å². The highest BCUT2D eigenvalue weighted by molar-refractivity contribution is 9.10. The third-order valence-electron chi connectivity index (χ3n) is 2.89. The topological polar surface area (TPSA) is 43.8 Å². The van der Waals surface area contributed by atoms with E-state index in [0.29, 0.717) is 5.69 Å². The Hall–Kier alpha value is -1.20. The van der Waals surface area contributed by atoms with E-state index >= 15 is 0 Å². The van der Waals surface area contributed by atoms with Gasteiger partial charge in [-0.3, -0.25) is 0 Å². The maximum absolute atomic E-state index is 13.3. The molecule has 0 aliphatic heterocycles. The summed E-state index contributed by atoms with van der Waals surface area (Å²) in [7, 11) is 0.